The minimum atomic E-state index is -1.10. The standard InChI is InChI=1S/C27H54O7/c1-6-11-16-29-21-22(30-17-12-7-2)23-24(31-18-13-8-3)25(32-19-14-9-4)26(27(28)34-23)33-20-15-10-5/h22-28H,6-21H2,1-5H3/t22-,23?,24-,25?,26?,27?/m1/s1. The molecule has 0 aromatic rings. The minimum Gasteiger partial charge on any atom is -0.379 e. The van der Waals surface area contributed by atoms with E-state index in [0.29, 0.717) is 39.6 Å². The lowest BCUT2D eigenvalue weighted by molar-refractivity contribution is -0.324. The van der Waals surface area contributed by atoms with E-state index in [1.165, 1.54) is 0 Å². The van der Waals surface area contributed by atoms with Crippen molar-refractivity contribution in [3.05, 3.63) is 0 Å². The van der Waals surface area contributed by atoms with Crippen LogP contribution in [0.3, 0.4) is 0 Å². The largest absolute Gasteiger partial charge is 0.379 e. The van der Waals surface area contributed by atoms with Crippen molar-refractivity contribution in [2.75, 3.05) is 39.6 Å². The molecule has 1 saturated heterocycles. The van der Waals surface area contributed by atoms with E-state index in [2.05, 4.69) is 34.6 Å². The summed E-state index contributed by atoms with van der Waals surface area (Å²) in [6.45, 7) is 14.1. The lowest BCUT2D eigenvalue weighted by atomic mass is 9.94. The summed E-state index contributed by atoms with van der Waals surface area (Å²) in [5.74, 6) is 0. The first-order valence-corrected chi connectivity index (χ1v) is 14.0. The van der Waals surface area contributed by atoms with Gasteiger partial charge in [-0.2, -0.15) is 0 Å². The second-order valence-corrected chi connectivity index (χ2v) is 9.25. The van der Waals surface area contributed by atoms with Gasteiger partial charge >= 0.3 is 0 Å². The van der Waals surface area contributed by atoms with Gasteiger partial charge in [0.05, 0.1) is 6.61 Å². The van der Waals surface area contributed by atoms with E-state index in [-0.39, 0.29) is 6.10 Å². The molecule has 0 aliphatic carbocycles. The predicted octanol–water partition coefficient (Wildman–Crippen LogP) is 5.26. The highest BCUT2D eigenvalue weighted by Gasteiger charge is 2.50. The zero-order chi connectivity index (χ0) is 25.0. The number of rotatable bonds is 22. The smallest absolute Gasteiger partial charge is 0.184 e. The molecule has 0 radical (unpaired) electrons. The molecular formula is C27H54O7. The fourth-order valence-electron chi connectivity index (χ4n) is 3.86. The van der Waals surface area contributed by atoms with Crippen LogP contribution in [-0.2, 0) is 28.4 Å². The molecule has 1 heterocycles. The van der Waals surface area contributed by atoms with Crippen molar-refractivity contribution in [1.82, 2.24) is 0 Å². The Kier molecular flexibility index (Phi) is 19.5. The van der Waals surface area contributed by atoms with Crippen LogP contribution in [0.25, 0.3) is 0 Å². The third-order valence-electron chi connectivity index (χ3n) is 6.09. The molecule has 6 atom stereocenters. The summed E-state index contributed by atoms with van der Waals surface area (Å²) in [4.78, 5) is 0. The number of ether oxygens (including phenoxy) is 6. The minimum absolute atomic E-state index is 0.349. The molecule has 1 N–H and O–H groups in total. The highest BCUT2D eigenvalue weighted by atomic mass is 16.7. The average Bonchev–Trinajstić information content (AvgIpc) is 2.83. The number of aliphatic hydroxyl groups is 1. The monoisotopic (exact) mass is 490 g/mol. The molecule has 0 spiro atoms. The molecule has 0 saturated carbocycles. The van der Waals surface area contributed by atoms with Crippen LogP contribution in [0.15, 0.2) is 0 Å². The summed E-state index contributed by atoms with van der Waals surface area (Å²) in [5.41, 5.74) is 0. The number of unbranched alkanes of at least 4 members (excludes halogenated alkanes) is 5. The summed E-state index contributed by atoms with van der Waals surface area (Å²) in [7, 11) is 0. The molecule has 0 bridgehead atoms. The Morgan fingerprint density at radius 2 is 1.09 bits per heavy atom. The maximum Gasteiger partial charge on any atom is 0.184 e. The maximum atomic E-state index is 11.0. The van der Waals surface area contributed by atoms with Crippen LogP contribution in [0.1, 0.15) is 98.8 Å². The topological polar surface area (TPSA) is 75.6 Å². The predicted molar refractivity (Wildman–Crippen MR) is 135 cm³/mol. The molecule has 0 amide bonds. The van der Waals surface area contributed by atoms with Gasteiger partial charge in [-0.1, -0.05) is 66.7 Å². The van der Waals surface area contributed by atoms with E-state index in [0.717, 1.165) is 64.2 Å². The molecule has 1 aliphatic rings. The summed E-state index contributed by atoms with van der Waals surface area (Å²) in [6, 6.07) is 0. The summed E-state index contributed by atoms with van der Waals surface area (Å²) < 4.78 is 37.2. The molecule has 1 aliphatic heterocycles. The van der Waals surface area contributed by atoms with Gasteiger partial charge < -0.3 is 33.5 Å². The van der Waals surface area contributed by atoms with Gasteiger partial charge in [0.15, 0.2) is 6.29 Å². The van der Waals surface area contributed by atoms with Gasteiger partial charge in [0.25, 0.3) is 0 Å². The lowest BCUT2D eigenvalue weighted by Crippen LogP contribution is -2.64. The normalized spacial score (nSPS) is 26.1. The Hall–Kier alpha value is -0.280. The molecule has 0 aromatic heterocycles. The first kappa shape index (κ1) is 31.7. The second kappa shape index (κ2) is 20.9. The Balaban J connectivity index is 3.11. The highest BCUT2D eigenvalue weighted by Crippen LogP contribution is 2.31. The van der Waals surface area contributed by atoms with Gasteiger partial charge in [-0.15, -0.1) is 0 Å². The van der Waals surface area contributed by atoms with Crippen molar-refractivity contribution in [3.63, 3.8) is 0 Å². The first-order valence-electron chi connectivity index (χ1n) is 14.0. The van der Waals surface area contributed by atoms with Crippen molar-refractivity contribution < 1.29 is 33.5 Å². The summed E-state index contributed by atoms with van der Waals surface area (Å²) >= 11 is 0. The number of hydrogen-bond acceptors (Lipinski definition) is 7. The van der Waals surface area contributed by atoms with Crippen LogP contribution in [0, 0.1) is 0 Å². The Labute approximate surface area is 209 Å². The van der Waals surface area contributed by atoms with Gasteiger partial charge in [-0.3, -0.25) is 0 Å². The van der Waals surface area contributed by atoms with Crippen LogP contribution in [-0.4, -0.2) is 81.6 Å². The second-order valence-electron chi connectivity index (χ2n) is 9.25. The van der Waals surface area contributed by atoms with Crippen LogP contribution < -0.4 is 0 Å². The zero-order valence-electron chi connectivity index (χ0n) is 22.7. The van der Waals surface area contributed by atoms with Crippen LogP contribution >= 0.6 is 0 Å². The third-order valence-corrected chi connectivity index (χ3v) is 6.09. The van der Waals surface area contributed by atoms with Gasteiger partial charge in [-0.05, 0) is 32.1 Å². The SMILES string of the molecule is CCCCOC[C@@H](OCCCC)C1OC(O)C(OCCCC)C(OCCCC)[C@@H]1OCCCC. The van der Waals surface area contributed by atoms with Gasteiger partial charge in [0.1, 0.15) is 30.5 Å². The number of hydrogen-bond donors (Lipinski definition) is 1. The Morgan fingerprint density at radius 1 is 0.618 bits per heavy atom. The van der Waals surface area contributed by atoms with E-state index >= 15 is 0 Å². The van der Waals surface area contributed by atoms with Gasteiger partial charge in [-0.25, -0.2) is 0 Å². The van der Waals surface area contributed by atoms with Crippen LogP contribution in [0.4, 0.5) is 0 Å². The van der Waals surface area contributed by atoms with Gasteiger partial charge in [0, 0.05) is 33.0 Å². The van der Waals surface area contributed by atoms with Crippen molar-refractivity contribution in [2.45, 2.75) is 136 Å². The van der Waals surface area contributed by atoms with Crippen molar-refractivity contribution in [2.24, 2.45) is 0 Å². The fourth-order valence-corrected chi connectivity index (χ4v) is 3.86. The quantitative estimate of drug-likeness (QED) is 0.207. The molecule has 34 heavy (non-hydrogen) atoms. The Bertz CT molecular complexity index is 451. The molecule has 7 nitrogen and oxygen atoms in total. The van der Waals surface area contributed by atoms with E-state index in [1.54, 1.807) is 0 Å². The van der Waals surface area contributed by atoms with Crippen molar-refractivity contribution in [3.8, 4) is 0 Å². The molecule has 4 unspecified atom stereocenters. The van der Waals surface area contributed by atoms with Gasteiger partial charge in [0.2, 0.25) is 0 Å². The van der Waals surface area contributed by atoms with E-state index < -0.39 is 30.7 Å². The molecule has 0 aromatic carbocycles. The van der Waals surface area contributed by atoms with Crippen LogP contribution in [0.2, 0.25) is 0 Å². The highest BCUT2D eigenvalue weighted by molar-refractivity contribution is 4.96. The fraction of sp³-hybridized carbons (Fsp3) is 1.00. The van der Waals surface area contributed by atoms with E-state index in [4.69, 9.17) is 28.4 Å². The van der Waals surface area contributed by atoms with E-state index in [1.807, 2.05) is 0 Å². The molecule has 1 rings (SSSR count). The van der Waals surface area contributed by atoms with Crippen molar-refractivity contribution >= 4 is 0 Å². The third kappa shape index (κ3) is 12.1. The molecule has 7 heteroatoms. The molecule has 204 valence electrons. The summed E-state index contributed by atoms with van der Waals surface area (Å²) in [6.07, 6.45) is 6.61. The molecule has 1 fully saturated rings. The average molecular weight is 491 g/mol. The zero-order valence-corrected chi connectivity index (χ0v) is 22.7. The Morgan fingerprint density at radius 3 is 1.65 bits per heavy atom. The first-order chi connectivity index (χ1) is 16.6. The number of aliphatic hydroxyl groups excluding tert-OH is 1. The lowest BCUT2D eigenvalue weighted by Gasteiger charge is -2.46. The summed E-state index contributed by atoms with van der Waals surface area (Å²) in [5, 5.41) is 11.0. The van der Waals surface area contributed by atoms with Crippen molar-refractivity contribution in [1.29, 1.82) is 0 Å². The maximum absolute atomic E-state index is 11.0. The van der Waals surface area contributed by atoms with Crippen LogP contribution in [0.5, 0.6) is 0 Å². The molecular weight excluding hydrogens is 436 g/mol. The van der Waals surface area contributed by atoms with E-state index in [9.17, 15) is 5.11 Å².